The highest BCUT2D eigenvalue weighted by Crippen LogP contribution is 2.58. The third-order valence-corrected chi connectivity index (χ3v) is 8.06. The minimum atomic E-state index is 0.348. The zero-order valence-corrected chi connectivity index (χ0v) is 17.9. The Morgan fingerprint density at radius 1 is 1.14 bits per heavy atom. The predicted octanol–water partition coefficient (Wildman–Crippen LogP) is 4.91. The van der Waals surface area contributed by atoms with Gasteiger partial charge in [-0.2, -0.15) is 0 Å². The van der Waals surface area contributed by atoms with Crippen molar-refractivity contribution in [2.45, 2.75) is 82.6 Å². The standard InChI is InChI=1S/C25H38N2O/c1-24-13-6-14-25(19-24,21-7-4-3-5-8-21)18-20(17-24)9-10-23(28)27(2)22-11-15-26-16-12-22/h3-5,7-8,20,22,26H,6,9-19H2,1-2H3. The van der Waals surface area contributed by atoms with Crippen LogP contribution in [0.4, 0.5) is 0 Å². The van der Waals surface area contributed by atoms with Gasteiger partial charge in [0.25, 0.3) is 0 Å². The topological polar surface area (TPSA) is 32.3 Å². The number of hydrogen-bond donors (Lipinski definition) is 1. The van der Waals surface area contributed by atoms with Gasteiger partial charge in [0.15, 0.2) is 0 Å². The largest absolute Gasteiger partial charge is 0.343 e. The lowest BCUT2D eigenvalue weighted by Crippen LogP contribution is -2.46. The van der Waals surface area contributed by atoms with Crippen LogP contribution in [0.3, 0.4) is 0 Å². The molecule has 0 spiro atoms. The van der Waals surface area contributed by atoms with Crippen molar-refractivity contribution >= 4 is 5.91 Å². The molecule has 3 aliphatic rings. The number of nitrogens with zero attached hydrogens (tertiary/aromatic N) is 1. The minimum Gasteiger partial charge on any atom is -0.343 e. The van der Waals surface area contributed by atoms with Crippen LogP contribution in [0.25, 0.3) is 0 Å². The zero-order valence-electron chi connectivity index (χ0n) is 17.9. The summed E-state index contributed by atoms with van der Waals surface area (Å²) >= 11 is 0. The van der Waals surface area contributed by atoms with E-state index in [1.807, 2.05) is 7.05 Å². The van der Waals surface area contributed by atoms with Crippen molar-refractivity contribution in [2.24, 2.45) is 11.3 Å². The second-order valence-corrected chi connectivity index (χ2v) is 10.3. The average molecular weight is 383 g/mol. The number of nitrogens with one attached hydrogen (secondary N) is 1. The quantitative estimate of drug-likeness (QED) is 0.785. The lowest BCUT2D eigenvalue weighted by atomic mass is 9.50. The summed E-state index contributed by atoms with van der Waals surface area (Å²) < 4.78 is 0. The smallest absolute Gasteiger partial charge is 0.222 e. The van der Waals surface area contributed by atoms with Crippen LogP contribution in [0, 0.1) is 11.3 Å². The molecular formula is C25H38N2O. The van der Waals surface area contributed by atoms with Gasteiger partial charge in [0.05, 0.1) is 0 Å². The van der Waals surface area contributed by atoms with Crippen molar-refractivity contribution in [1.82, 2.24) is 10.2 Å². The molecular weight excluding hydrogens is 344 g/mol. The van der Waals surface area contributed by atoms with Crippen molar-refractivity contribution in [3.63, 3.8) is 0 Å². The fourth-order valence-corrected chi connectivity index (χ4v) is 6.78. The maximum absolute atomic E-state index is 12.9. The van der Waals surface area contributed by atoms with Crippen LogP contribution in [0.15, 0.2) is 30.3 Å². The molecule has 1 heterocycles. The molecule has 4 rings (SSSR count). The first-order valence-electron chi connectivity index (χ1n) is 11.5. The van der Waals surface area contributed by atoms with E-state index < -0.39 is 0 Å². The van der Waals surface area contributed by atoms with Crippen LogP contribution < -0.4 is 5.32 Å². The molecule has 3 atom stereocenters. The van der Waals surface area contributed by atoms with Crippen LogP contribution in [0.2, 0.25) is 0 Å². The molecule has 2 bridgehead atoms. The summed E-state index contributed by atoms with van der Waals surface area (Å²) in [6.07, 6.45) is 12.0. The summed E-state index contributed by atoms with van der Waals surface area (Å²) in [7, 11) is 2.03. The van der Waals surface area contributed by atoms with Crippen molar-refractivity contribution in [3.05, 3.63) is 35.9 Å². The number of hydrogen-bond acceptors (Lipinski definition) is 2. The Labute approximate surface area is 171 Å². The van der Waals surface area contributed by atoms with Gasteiger partial charge >= 0.3 is 0 Å². The minimum absolute atomic E-state index is 0.348. The molecule has 3 nitrogen and oxygen atoms in total. The number of carbonyl (C=O) groups excluding carboxylic acids is 1. The number of carbonyl (C=O) groups is 1. The molecule has 1 N–H and O–H groups in total. The van der Waals surface area contributed by atoms with Crippen LogP contribution in [0.1, 0.15) is 76.7 Å². The lowest BCUT2D eigenvalue weighted by molar-refractivity contribution is -0.133. The van der Waals surface area contributed by atoms with Gasteiger partial charge in [-0.25, -0.2) is 0 Å². The molecule has 2 saturated carbocycles. The SMILES string of the molecule is CN(C(=O)CCC1CC2(C)CCCC(c3ccccc3)(C1)C2)C1CCNCC1. The first-order chi connectivity index (χ1) is 13.5. The van der Waals surface area contributed by atoms with Gasteiger partial charge in [-0.15, -0.1) is 0 Å². The molecule has 154 valence electrons. The second-order valence-electron chi connectivity index (χ2n) is 10.3. The predicted molar refractivity (Wildman–Crippen MR) is 115 cm³/mol. The molecule has 3 heteroatoms. The van der Waals surface area contributed by atoms with E-state index in [4.69, 9.17) is 0 Å². The van der Waals surface area contributed by atoms with Crippen molar-refractivity contribution in [1.29, 1.82) is 0 Å². The Hall–Kier alpha value is -1.35. The van der Waals surface area contributed by atoms with Crippen LogP contribution in [-0.4, -0.2) is 37.0 Å². The van der Waals surface area contributed by atoms with Gasteiger partial charge in [0, 0.05) is 19.5 Å². The van der Waals surface area contributed by atoms with Gasteiger partial charge in [-0.1, -0.05) is 43.7 Å². The van der Waals surface area contributed by atoms with Crippen molar-refractivity contribution in [3.8, 4) is 0 Å². The number of benzene rings is 1. The summed E-state index contributed by atoms with van der Waals surface area (Å²) in [5.74, 6) is 1.05. The van der Waals surface area contributed by atoms with Gasteiger partial charge in [0.2, 0.25) is 5.91 Å². The molecule has 3 unspecified atom stereocenters. The van der Waals surface area contributed by atoms with E-state index in [-0.39, 0.29) is 0 Å². The summed E-state index contributed by atoms with van der Waals surface area (Å²) in [6.45, 7) is 4.60. The Balaban J connectivity index is 1.41. The summed E-state index contributed by atoms with van der Waals surface area (Å²) in [4.78, 5) is 14.9. The normalized spacial score (nSPS) is 33.4. The Bertz CT molecular complexity index is 668. The highest BCUT2D eigenvalue weighted by Gasteiger charge is 2.49. The van der Waals surface area contributed by atoms with Gasteiger partial charge < -0.3 is 10.2 Å². The van der Waals surface area contributed by atoms with E-state index >= 15 is 0 Å². The summed E-state index contributed by atoms with van der Waals surface area (Å²) in [6, 6.07) is 11.7. The van der Waals surface area contributed by atoms with E-state index in [0.29, 0.717) is 28.7 Å². The first kappa shape index (κ1) is 19.9. The molecule has 0 radical (unpaired) electrons. The van der Waals surface area contributed by atoms with Crippen molar-refractivity contribution in [2.75, 3.05) is 20.1 Å². The van der Waals surface area contributed by atoms with Crippen LogP contribution in [-0.2, 0) is 10.2 Å². The van der Waals surface area contributed by atoms with Crippen LogP contribution in [0.5, 0.6) is 0 Å². The van der Waals surface area contributed by atoms with Gasteiger partial charge in [-0.3, -0.25) is 4.79 Å². The number of amides is 1. The molecule has 2 aliphatic carbocycles. The van der Waals surface area contributed by atoms with Gasteiger partial charge in [-0.05, 0) is 86.8 Å². The molecule has 0 aromatic heterocycles. The summed E-state index contributed by atoms with van der Waals surface area (Å²) in [5, 5.41) is 3.40. The van der Waals surface area contributed by atoms with E-state index in [1.165, 1.54) is 38.5 Å². The molecule has 1 aromatic rings. The van der Waals surface area contributed by atoms with Crippen LogP contribution >= 0.6 is 0 Å². The number of rotatable bonds is 5. The third-order valence-electron chi connectivity index (χ3n) is 8.06. The average Bonchev–Trinajstić information content (AvgIpc) is 2.72. The Morgan fingerprint density at radius 2 is 1.89 bits per heavy atom. The summed E-state index contributed by atoms with van der Waals surface area (Å²) in [5.41, 5.74) is 2.35. The highest BCUT2D eigenvalue weighted by molar-refractivity contribution is 5.76. The maximum atomic E-state index is 12.9. The third kappa shape index (κ3) is 4.15. The maximum Gasteiger partial charge on any atom is 0.222 e. The second kappa shape index (κ2) is 8.18. The number of piperidine rings is 1. The fourth-order valence-electron chi connectivity index (χ4n) is 6.78. The molecule has 1 aliphatic heterocycles. The number of fused-ring (bicyclic) bond motifs is 2. The van der Waals surface area contributed by atoms with Crippen molar-refractivity contribution < 1.29 is 4.79 Å². The molecule has 1 saturated heterocycles. The molecule has 1 aromatic carbocycles. The fraction of sp³-hybridized carbons (Fsp3) is 0.720. The molecule has 3 fully saturated rings. The lowest BCUT2D eigenvalue weighted by Gasteiger charge is -2.54. The first-order valence-corrected chi connectivity index (χ1v) is 11.5. The molecule has 1 amide bonds. The van der Waals surface area contributed by atoms with E-state index in [9.17, 15) is 4.79 Å². The Kier molecular flexibility index (Phi) is 5.83. The zero-order chi connectivity index (χ0) is 19.6. The molecule has 28 heavy (non-hydrogen) atoms. The Morgan fingerprint density at radius 3 is 2.64 bits per heavy atom. The van der Waals surface area contributed by atoms with Gasteiger partial charge in [0.1, 0.15) is 0 Å². The monoisotopic (exact) mass is 382 g/mol. The van der Waals surface area contributed by atoms with E-state index in [0.717, 1.165) is 38.8 Å². The highest BCUT2D eigenvalue weighted by atomic mass is 16.2. The van der Waals surface area contributed by atoms with E-state index in [2.05, 4.69) is 47.5 Å². The van der Waals surface area contributed by atoms with E-state index in [1.54, 1.807) is 5.56 Å².